The second-order valence-corrected chi connectivity index (χ2v) is 2.99. The predicted molar refractivity (Wildman–Crippen MR) is 44.4 cm³/mol. The summed E-state index contributed by atoms with van der Waals surface area (Å²) in [6.45, 7) is 3.32. The summed E-state index contributed by atoms with van der Waals surface area (Å²) >= 11 is 0. The van der Waals surface area contributed by atoms with Crippen molar-refractivity contribution in [2.75, 3.05) is 13.1 Å². The fourth-order valence-electron chi connectivity index (χ4n) is 1.23. The van der Waals surface area contributed by atoms with Crippen LogP contribution in [0.1, 0.15) is 19.8 Å². The van der Waals surface area contributed by atoms with Crippen molar-refractivity contribution < 1.29 is 4.79 Å². The molecule has 0 radical (unpaired) electrons. The number of carbonyl (C=O) groups excluding carboxylic acids is 1. The summed E-state index contributed by atoms with van der Waals surface area (Å²) in [6.07, 6.45) is 2.16. The number of hydrogen-bond donors (Lipinski definition) is 1. The van der Waals surface area contributed by atoms with Crippen molar-refractivity contribution in [3.05, 3.63) is 0 Å². The lowest BCUT2D eigenvalue weighted by Crippen LogP contribution is -2.41. The lowest BCUT2D eigenvalue weighted by Gasteiger charge is -2.16. The van der Waals surface area contributed by atoms with Crippen molar-refractivity contribution in [1.82, 2.24) is 10.2 Å². The highest BCUT2D eigenvalue weighted by atomic mass is 16.2. The highest BCUT2D eigenvalue weighted by Crippen LogP contribution is 2.06. The van der Waals surface area contributed by atoms with Crippen molar-refractivity contribution in [2.45, 2.75) is 25.8 Å². The Bertz CT molecular complexity index is 203. The van der Waals surface area contributed by atoms with Gasteiger partial charge in [0.2, 0.25) is 0 Å². The molecule has 1 fully saturated rings. The van der Waals surface area contributed by atoms with E-state index in [0.717, 1.165) is 25.9 Å². The van der Waals surface area contributed by atoms with Gasteiger partial charge in [-0.1, -0.05) is 0 Å². The minimum absolute atomic E-state index is 0.110. The Labute approximate surface area is 72.2 Å². The lowest BCUT2D eigenvalue weighted by molar-refractivity contribution is 0.207. The number of nitriles is 1. The maximum atomic E-state index is 11.3. The summed E-state index contributed by atoms with van der Waals surface area (Å²) < 4.78 is 0. The predicted octanol–water partition coefficient (Wildman–Crippen LogP) is 0.704. The van der Waals surface area contributed by atoms with Gasteiger partial charge in [-0.05, 0) is 19.8 Å². The van der Waals surface area contributed by atoms with E-state index >= 15 is 0 Å². The van der Waals surface area contributed by atoms with E-state index < -0.39 is 6.04 Å². The molecule has 1 atom stereocenters. The van der Waals surface area contributed by atoms with Crippen LogP contribution in [-0.2, 0) is 0 Å². The number of carbonyl (C=O) groups is 1. The molecule has 1 rings (SSSR count). The van der Waals surface area contributed by atoms with E-state index in [-0.39, 0.29) is 6.03 Å². The average Bonchev–Trinajstić information content (AvgIpc) is 2.56. The van der Waals surface area contributed by atoms with Gasteiger partial charge in [-0.3, -0.25) is 0 Å². The van der Waals surface area contributed by atoms with E-state index in [0.29, 0.717) is 0 Å². The summed E-state index contributed by atoms with van der Waals surface area (Å²) in [5.41, 5.74) is 0. The molecular formula is C8H13N3O. The number of nitrogens with one attached hydrogen (secondary N) is 1. The Morgan fingerprint density at radius 1 is 1.58 bits per heavy atom. The molecule has 12 heavy (non-hydrogen) atoms. The van der Waals surface area contributed by atoms with Gasteiger partial charge in [-0.2, -0.15) is 5.26 Å². The number of nitrogens with zero attached hydrogens (tertiary/aromatic N) is 2. The van der Waals surface area contributed by atoms with Gasteiger partial charge >= 0.3 is 6.03 Å². The van der Waals surface area contributed by atoms with Gasteiger partial charge < -0.3 is 10.2 Å². The van der Waals surface area contributed by atoms with Crippen molar-refractivity contribution in [2.24, 2.45) is 0 Å². The number of hydrogen-bond acceptors (Lipinski definition) is 2. The molecule has 1 aliphatic heterocycles. The SMILES string of the molecule is CC(C#N)NC(=O)N1CCCC1. The Morgan fingerprint density at radius 2 is 2.17 bits per heavy atom. The molecule has 0 saturated carbocycles. The van der Waals surface area contributed by atoms with Crippen LogP contribution in [0.15, 0.2) is 0 Å². The van der Waals surface area contributed by atoms with E-state index in [1.54, 1.807) is 11.8 Å². The zero-order valence-corrected chi connectivity index (χ0v) is 7.21. The van der Waals surface area contributed by atoms with Crippen LogP contribution in [0.5, 0.6) is 0 Å². The first-order chi connectivity index (χ1) is 5.74. The molecule has 0 aliphatic carbocycles. The Balaban J connectivity index is 2.33. The standard InChI is InChI=1S/C8H13N3O/c1-7(6-9)10-8(12)11-4-2-3-5-11/h7H,2-5H2,1H3,(H,10,12). The molecule has 0 bridgehead atoms. The molecule has 0 aromatic rings. The van der Waals surface area contributed by atoms with Gasteiger partial charge in [0.05, 0.1) is 6.07 Å². The summed E-state index contributed by atoms with van der Waals surface area (Å²) in [5.74, 6) is 0. The molecule has 1 unspecified atom stereocenters. The molecule has 1 aliphatic rings. The third-order valence-electron chi connectivity index (χ3n) is 1.93. The van der Waals surface area contributed by atoms with Crippen LogP contribution in [0.2, 0.25) is 0 Å². The number of rotatable bonds is 1. The van der Waals surface area contributed by atoms with Crippen LogP contribution in [0.3, 0.4) is 0 Å². The third kappa shape index (κ3) is 2.12. The molecule has 4 heteroatoms. The molecule has 66 valence electrons. The second-order valence-electron chi connectivity index (χ2n) is 2.99. The first-order valence-electron chi connectivity index (χ1n) is 4.19. The van der Waals surface area contributed by atoms with Gasteiger partial charge in [0, 0.05) is 13.1 Å². The van der Waals surface area contributed by atoms with Gasteiger partial charge in [-0.15, -0.1) is 0 Å². The monoisotopic (exact) mass is 167 g/mol. The van der Waals surface area contributed by atoms with E-state index in [2.05, 4.69) is 5.32 Å². The first-order valence-corrected chi connectivity index (χ1v) is 4.19. The van der Waals surface area contributed by atoms with Crippen molar-refractivity contribution in [3.8, 4) is 6.07 Å². The van der Waals surface area contributed by atoms with Crippen molar-refractivity contribution in [1.29, 1.82) is 5.26 Å². The summed E-state index contributed by atoms with van der Waals surface area (Å²) in [6, 6.07) is 1.46. The minimum atomic E-state index is -0.391. The molecule has 0 aromatic heterocycles. The maximum absolute atomic E-state index is 11.3. The third-order valence-corrected chi connectivity index (χ3v) is 1.93. The number of likely N-dealkylation sites (tertiary alicyclic amines) is 1. The smallest absolute Gasteiger partial charge is 0.318 e. The van der Waals surface area contributed by atoms with E-state index in [9.17, 15) is 4.79 Å². The van der Waals surface area contributed by atoms with Gasteiger partial charge in [0.15, 0.2) is 0 Å². The summed E-state index contributed by atoms with van der Waals surface area (Å²) in [5, 5.41) is 11.0. The topological polar surface area (TPSA) is 56.1 Å². The lowest BCUT2D eigenvalue weighted by atomic mass is 10.4. The molecule has 2 amide bonds. The Kier molecular flexibility index (Phi) is 2.92. The van der Waals surface area contributed by atoms with E-state index in [1.165, 1.54) is 0 Å². The van der Waals surface area contributed by atoms with Crippen molar-refractivity contribution in [3.63, 3.8) is 0 Å². The van der Waals surface area contributed by atoms with Crippen LogP contribution in [0.25, 0.3) is 0 Å². The molecule has 0 spiro atoms. The molecule has 1 N–H and O–H groups in total. The van der Waals surface area contributed by atoms with E-state index in [4.69, 9.17) is 5.26 Å². The van der Waals surface area contributed by atoms with Crippen LogP contribution in [0, 0.1) is 11.3 Å². The van der Waals surface area contributed by atoms with Crippen LogP contribution < -0.4 is 5.32 Å². The number of amides is 2. The van der Waals surface area contributed by atoms with Crippen LogP contribution in [0.4, 0.5) is 4.79 Å². The minimum Gasteiger partial charge on any atom is -0.325 e. The second kappa shape index (κ2) is 3.96. The fourth-order valence-corrected chi connectivity index (χ4v) is 1.23. The number of urea groups is 1. The highest BCUT2D eigenvalue weighted by molar-refractivity contribution is 5.75. The average molecular weight is 167 g/mol. The van der Waals surface area contributed by atoms with Crippen LogP contribution >= 0.6 is 0 Å². The molecular weight excluding hydrogens is 154 g/mol. The molecule has 0 aromatic carbocycles. The quantitative estimate of drug-likeness (QED) is 0.625. The maximum Gasteiger partial charge on any atom is 0.318 e. The zero-order valence-electron chi connectivity index (χ0n) is 7.21. The summed E-state index contributed by atoms with van der Waals surface area (Å²) in [4.78, 5) is 13.0. The van der Waals surface area contributed by atoms with Gasteiger partial charge in [0.25, 0.3) is 0 Å². The normalized spacial score (nSPS) is 18.5. The Morgan fingerprint density at radius 3 is 2.67 bits per heavy atom. The highest BCUT2D eigenvalue weighted by Gasteiger charge is 2.18. The van der Waals surface area contributed by atoms with E-state index in [1.807, 2.05) is 6.07 Å². The van der Waals surface area contributed by atoms with Crippen molar-refractivity contribution >= 4 is 6.03 Å². The largest absolute Gasteiger partial charge is 0.325 e. The van der Waals surface area contributed by atoms with Crippen LogP contribution in [-0.4, -0.2) is 30.1 Å². The molecule has 1 heterocycles. The first kappa shape index (κ1) is 8.85. The molecule has 4 nitrogen and oxygen atoms in total. The molecule has 1 saturated heterocycles. The summed E-state index contributed by atoms with van der Waals surface area (Å²) in [7, 11) is 0. The van der Waals surface area contributed by atoms with Gasteiger partial charge in [-0.25, -0.2) is 4.79 Å². The zero-order chi connectivity index (χ0) is 8.97. The fraction of sp³-hybridized carbons (Fsp3) is 0.750. The Hall–Kier alpha value is -1.24. The van der Waals surface area contributed by atoms with Gasteiger partial charge in [0.1, 0.15) is 6.04 Å².